The molecule has 5 heterocycles. The molecule has 2 N–H and O–H groups in total. The molecule has 6 rings (SSSR count). The molecule has 206 valence electrons. The normalized spacial score (nSPS) is 14.2. The van der Waals surface area contributed by atoms with Gasteiger partial charge in [-0.25, -0.2) is 19.3 Å². The average Bonchev–Trinajstić information content (AvgIpc) is 3.45. The van der Waals surface area contributed by atoms with Gasteiger partial charge in [-0.05, 0) is 44.2 Å². The molecule has 0 atom stereocenters. The van der Waals surface area contributed by atoms with E-state index in [4.69, 9.17) is 9.72 Å². The molecule has 1 aromatic carbocycles. The van der Waals surface area contributed by atoms with Crippen molar-refractivity contribution >= 4 is 39.3 Å². The van der Waals surface area contributed by atoms with Crippen molar-refractivity contribution in [2.45, 2.75) is 26.0 Å². The fourth-order valence-electron chi connectivity index (χ4n) is 5.11. The summed E-state index contributed by atoms with van der Waals surface area (Å²) >= 11 is 0. The van der Waals surface area contributed by atoms with Gasteiger partial charge in [-0.15, -0.1) is 6.58 Å². The molecule has 11 nitrogen and oxygen atoms in total. The molecule has 0 saturated carbocycles. The van der Waals surface area contributed by atoms with Crippen LogP contribution in [0.5, 0.6) is 0 Å². The van der Waals surface area contributed by atoms with Crippen LogP contribution >= 0.6 is 0 Å². The predicted molar refractivity (Wildman–Crippen MR) is 156 cm³/mol. The standard InChI is InChI=1S/C29H32N8O3/c1-5-10-36-27(38)21-18-30-28(33-26(21)37(36)25-8-6-7-24(32-25)29(2,3)39)31-19-16-22-20(9-11-34(22)4)23(17-19)35-12-14-40-15-13-35/h5-9,11,16-18,39H,1,10,12-15H2,2-4H3,(H,30,31,33). The number of nitrogens with zero attached hydrogens (tertiary/aromatic N) is 7. The molecule has 40 heavy (non-hydrogen) atoms. The van der Waals surface area contributed by atoms with Crippen LogP contribution in [0.4, 0.5) is 17.3 Å². The summed E-state index contributed by atoms with van der Waals surface area (Å²) in [5.41, 5.74) is 2.49. The van der Waals surface area contributed by atoms with Gasteiger partial charge in [0, 0.05) is 49.3 Å². The van der Waals surface area contributed by atoms with Crippen LogP contribution in [-0.4, -0.2) is 60.3 Å². The molecule has 1 aliphatic heterocycles. The first-order chi connectivity index (χ1) is 19.2. The number of ether oxygens (including phenoxy) is 1. The minimum absolute atomic E-state index is 0.249. The van der Waals surface area contributed by atoms with Gasteiger partial charge in [0.25, 0.3) is 5.56 Å². The predicted octanol–water partition coefficient (Wildman–Crippen LogP) is 3.46. The number of allylic oxidation sites excluding steroid dienone is 1. The smallest absolute Gasteiger partial charge is 0.278 e. The molecular weight excluding hydrogens is 508 g/mol. The molecule has 0 spiro atoms. The number of fused-ring (bicyclic) bond motifs is 2. The summed E-state index contributed by atoms with van der Waals surface area (Å²) in [5, 5.41) is 15.4. The molecule has 4 aromatic heterocycles. The van der Waals surface area contributed by atoms with Crippen LogP contribution in [0.25, 0.3) is 27.8 Å². The van der Waals surface area contributed by atoms with E-state index in [1.54, 1.807) is 42.8 Å². The third-order valence-electron chi connectivity index (χ3n) is 7.14. The highest BCUT2D eigenvalue weighted by Gasteiger charge is 2.22. The van der Waals surface area contributed by atoms with E-state index in [1.165, 1.54) is 16.3 Å². The maximum atomic E-state index is 13.3. The van der Waals surface area contributed by atoms with Crippen molar-refractivity contribution in [3.63, 3.8) is 0 Å². The lowest BCUT2D eigenvalue weighted by Gasteiger charge is -2.30. The molecule has 0 bridgehead atoms. The Morgan fingerprint density at radius 1 is 1.15 bits per heavy atom. The lowest BCUT2D eigenvalue weighted by molar-refractivity contribution is 0.0738. The van der Waals surface area contributed by atoms with Crippen LogP contribution in [0.15, 0.2) is 66.2 Å². The van der Waals surface area contributed by atoms with Gasteiger partial charge in [0.2, 0.25) is 5.95 Å². The lowest BCUT2D eigenvalue weighted by atomic mass is 10.1. The highest BCUT2D eigenvalue weighted by Crippen LogP contribution is 2.33. The summed E-state index contributed by atoms with van der Waals surface area (Å²) in [6.07, 6.45) is 5.23. The largest absolute Gasteiger partial charge is 0.384 e. The van der Waals surface area contributed by atoms with Gasteiger partial charge in [-0.1, -0.05) is 12.1 Å². The lowest BCUT2D eigenvalue weighted by Crippen LogP contribution is -2.36. The molecule has 1 aliphatic rings. The average molecular weight is 541 g/mol. The number of rotatable bonds is 7. The second-order valence-electron chi connectivity index (χ2n) is 10.4. The van der Waals surface area contributed by atoms with Crippen molar-refractivity contribution in [2.75, 3.05) is 36.5 Å². The Bertz CT molecular complexity index is 1790. The zero-order valence-electron chi connectivity index (χ0n) is 22.8. The van der Waals surface area contributed by atoms with Crippen LogP contribution in [0.1, 0.15) is 19.5 Å². The van der Waals surface area contributed by atoms with Gasteiger partial charge < -0.3 is 24.6 Å². The van der Waals surface area contributed by atoms with E-state index in [9.17, 15) is 9.90 Å². The minimum atomic E-state index is -1.15. The SMILES string of the molecule is C=CCn1c(=O)c2cnc(Nc3cc(N4CCOCC4)c4ccn(C)c4c3)nc2n1-c1cccc(C(C)(C)O)n1. The Balaban J connectivity index is 1.47. The molecule has 11 heteroatoms. The third-order valence-corrected chi connectivity index (χ3v) is 7.14. The zero-order valence-corrected chi connectivity index (χ0v) is 22.8. The van der Waals surface area contributed by atoms with E-state index in [0.29, 0.717) is 41.7 Å². The molecule has 5 aromatic rings. The first-order valence-electron chi connectivity index (χ1n) is 13.2. The van der Waals surface area contributed by atoms with Crippen LogP contribution in [0.2, 0.25) is 0 Å². The highest BCUT2D eigenvalue weighted by atomic mass is 16.5. The molecule has 0 unspecified atom stereocenters. The van der Waals surface area contributed by atoms with E-state index < -0.39 is 5.60 Å². The molecule has 0 radical (unpaired) electrons. The first kappa shape index (κ1) is 25.8. The highest BCUT2D eigenvalue weighted by molar-refractivity contribution is 5.96. The van der Waals surface area contributed by atoms with Gasteiger partial charge in [-0.3, -0.25) is 4.79 Å². The zero-order chi connectivity index (χ0) is 28.0. The fourth-order valence-corrected chi connectivity index (χ4v) is 5.11. The number of benzene rings is 1. The molecular formula is C29H32N8O3. The van der Waals surface area contributed by atoms with Gasteiger partial charge in [0.1, 0.15) is 11.0 Å². The maximum absolute atomic E-state index is 13.3. The van der Waals surface area contributed by atoms with Crippen molar-refractivity contribution in [1.29, 1.82) is 0 Å². The third kappa shape index (κ3) is 4.52. The van der Waals surface area contributed by atoms with Crippen molar-refractivity contribution < 1.29 is 9.84 Å². The summed E-state index contributed by atoms with van der Waals surface area (Å²) in [7, 11) is 2.02. The summed E-state index contributed by atoms with van der Waals surface area (Å²) in [6.45, 7) is 10.4. The van der Waals surface area contributed by atoms with Gasteiger partial charge in [0.05, 0.1) is 31.0 Å². The number of pyridine rings is 1. The van der Waals surface area contributed by atoms with E-state index >= 15 is 0 Å². The van der Waals surface area contributed by atoms with Gasteiger partial charge in [0.15, 0.2) is 11.5 Å². The number of aromatic nitrogens is 6. The van der Waals surface area contributed by atoms with Crippen molar-refractivity contribution in [3.8, 4) is 5.82 Å². The van der Waals surface area contributed by atoms with Crippen molar-refractivity contribution in [3.05, 3.63) is 77.5 Å². The molecule has 0 aliphatic carbocycles. The van der Waals surface area contributed by atoms with Crippen LogP contribution in [0.3, 0.4) is 0 Å². The molecule has 0 amide bonds. The van der Waals surface area contributed by atoms with Crippen molar-refractivity contribution in [1.82, 2.24) is 28.9 Å². The minimum Gasteiger partial charge on any atom is -0.384 e. The van der Waals surface area contributed by atoms with E-state index in [-0.39, 0.29) is 12.1 Å². The van der Waals surface area contributed by atoms with Crippen molar-refractivity contribution in [2.24, 2.45) is 7.05 Å². The number of aliphatic hydroxyl groups is 1. The molecule has 1 saturated heterocycles. The molecule has 1 fully saturated rings. The van der Waals surface area contributed by atoms with E-state index in [0.717, 1.165) is 30.0 Å². The topological polar surface area (TPSA) is 115 Å². The summed E-state index contributed by atoms with van der Waals surface area (Å²) in [4.78, 5) is 29.6. The second-order valence-corrected chi connectivity index (χ2v) is 10.4. The Kier molecular flexibility index (Phi) is 6.40. The number of nitrogens with one attached hydrogen (secondary N) is 1. The first-order valence-corrected chi connectivity index (χ1v) is 13.2. The van der Waals surface area contributed by atoms with Crippen LogP contribution < -0.4 is 15.8 Å². The number of aryl methyl sites for hydroxylation is 1. The summed E-state index contributed by atoms with van der Waals surface area (Å²) in [5.74, 6) is 0.801. The summed E-state index contributed by atoms with van der Waals surface area (Å²) in [6, 6.07) is 11.6. The monoisotopic (exact) mass is 540 g/mol. The summed E-state index contributed by atoms with van der Waals surface area (Å²) < 4.78 is 10.8. The quantitative estimate of drug-likeness (QED) is 0.302. The van der Waals surface area contributed by atoms with Gasteiger partial charge >= 0.3 is 0 Å². The Morgan fingerprint density at radius 3 is 2.70 bits per heavy atom. The Labute approximate surface area is 231 Å². The number of morpholine rings is 1. The van der Waals surface area contributed by atoms with Gasteiger partial charge in [-0.2, -0.15) is 4.98 Å². The fraction of sp³-hybridized carbons (Fsp3) is 0.310. The number of hydrogen-bond acceptors (Lipinski definition) is 8. The van der Waals surface area contributed by atoms with Crippen LogP contribution in [0, 0.1) is 0 Å². The number of anilines is 3. The Morgan fingerprint density at radius 2 is 1.95 bits per heavy atom. The van der Waals surface area contributed by atoms with Crippen LogP contribution in [-0.2, 0) is 23.9 Å². The maximum Gasteiger partial charge on any atom is 0.278 e. The second kappa shape index (κ2) is 9.92. The Hall–Kier alpha value is -4.48. The van der Waals surface area contributed by atoms with E-state index in [2.05, 4.69) is 55.7 Å². The number of hydrogen-bond donors (Lipinski definition) is 2. The van der Waals surface area contributed by atoms with E-state index in [1.807, 2.05) is 7.05 Å².